The summed E-state index contributed by atoms with van der Waals surface area (Å²) in [5.74, 6) is -3.92. The molecule has 1 aliphatic carbocycles. The molecule has 0 bridgehead atoms. The van der Waals surface area contributed by atoms with Crippen molar-refractivity contribution in [1.29, 1.82) is 0 Å². The van der Waals surface area contributed by atoms with Gasteiger partial charge in [0.15, 0.2) is 17.8 Å². The van der Waals surface area contributed by atoms with Crippen LogP contribution in [0.25, 0.3) is 33.4 Å². The maximum Gasteiger partial charge on any atom is 0.314 e. The quantitative estimate of drug-likeness (QED) is 0.332. The van der Waals surface area contributed by atoms with E-state index in [4.69, 9.17) is 14.6 Å². The van der Waals surface area contributed by atoms with Crippen molar-refractivity contribution in [3.63, 3.8) is 0 Å². The SMILES string of the molecule is OC[C@H]1OC[C@@H](Oc2cc3nc(-c4ccc(-c5ccc(C6(CO)CC6)cc5)cc4)c(F)cc3[nH]2)C1(F)F. The fraction of sp³-hybridized carbons (Fsp3) is 0.321. The Morgan fingerprint density at radius 1 is 0.973 bits per heavy atom. The number of fused-ring (bicyclic) bond motifs is 1. The molecule has 1 saturated heterocycles. The first-order valence-electron chi connectivity index (χ1n) is 12.1. The average Bonchev–Trinajstić information content (AvgIpc) is 3.53. The van der Waals surface area contributed by atoms with Crippen molar-refractivity contribution in [1.82, 2.24) is 9.97 Å². The van der Waals surface area contributed by atoms with Crippen LogP contribution < -0.4 is 4.74 Å². The molecule has 2 aliphatic rings. The Labute approximate surface area is 210 Å². The highest BCUT2D eigenvalue weighted by atomic mass is 19.3. The number of nitrogens with zero attached hydrogens (tertiary/aromatic N) is 1. The number of ether oxygens (including phenoxy) is 2. The topological polar surface area (TPSA) is 87.6 Å². The number of aliphatic hydroxyl groups is 2. The minimum Gasteiger partial charge on any atom is -0.467 e. The normalized spacial score (nSPS) is 21.9. The van der Waals surface area contributed by atoms with E-state index in [0.29, 0.717) is 16.6 Å². The van der Waals surface area contributed by atoms with Gasteiger partial charge in [-0.25, -0.2) is 9.37 Å². The second-order valence-electron chi connectivity index (χ2n) is 9.76. The van der Waals surface area contributed by atoms with Crippen molar-refractivity contribution >= 4 is 11.0 Å². The molecule has 37 heavy (non-hydrogen) atoms. The monoisotopic (exact) mass is 510 g/mol. The lowest BCUT2D eigenvalue weighted by Crippen LogP contribution is -2.43. The van der Waals surface area contributed by atoms with E-state index in [1.807, 2.05) is 36.4 Å². The number of halogens is 3. The zero-order valence-corrected chi connectivity index (χ0v) is 19.8. The molecule has 0 unspecified atom stereocenters. The highest BCUT2D eigenvalue weighted by molar-refractivity contribution is 5.81. The highest BCUT2D eigenvalue weighted by Crippen LogP contribution is 2.48. The maximum absolute atomic E-state index is 14.9. The van der Waals surface area contributed by atoms with E-state index in [9.17, 15) is 18.3 Å². The number of benzene rings is 2. The molecule has 3 N–H and O–H groups in total. The van der Waals surface area contributed by atoms with Gasteiger partial charge in [-0.2, -0.15) is 8.78 Å². The molecule has 1 saturated carbocycles. The molecule has 0 spiro atoms. The number of H-pyrrole nitrogens is 1. The Kier molecular flexibility index (Phi) is 5.74. The summed E-state index contributed by atoms with van der Waals surface area (Å²) in [6.45, 7) is -1.04. The van der Waals surface area contributed by atoms with Crippen LogP contribution in [-0.2, 0) is 10.2 Å². The Bertz CT molecular complexity index is 1430. The summed E-state index contributed by atoms with van der Waals surface area (Å²) in [6.07, 6.45) is -1.20. The minimum atomic E-state index is -3.36. The van der Waals surface area contributed by atoms with Crippen LogP contribution in [0.4, 0.5) is 13.2 Å². The maximum atomic E-state index is 14.9. The summed E-state index contributed by atoms with van der Waals surface area (Å²) in [5, 5.41) is 18.7. The summed E-state index contributed by atoms with van der Waals surface area (Å²) >= 11 is 0. The first kappa shape index (κ1) is 24.0. The van der Waals surface area contributed by atoms with Crippen LogP contribution in [0.1, 0.15) is 18.4 Å². The van der Waals surface area contributed by atoms with E-state index in [1.54, 1.807) is 12.1 Å². The van der Waals surface area contributed by atoms with Crippen molar-refractivity contribution in [3.8, 4) is 28.3 Å². The van der Waals surface area contributed by atoms with E-state index in [0.717, 1.165) is 29.5 Å². The molecule has 6 nitrogen and oxygen atoms in total. The molecule has 2 atom stereocenters. The number of pyridine rings is 1. The molecule has 4 aromatic rings. The van der Waals surface area contributed by atoms with E-state index < -0.39 is 30.6 Å². The molecule has 0 radical (unpaired) electrons. The lowest BCUT2D eigenvalue weighted by atomic mass is 9.94. The predicted molar refractivity (Wildman–Crippen MR) is 131 cm³/mol. The number of nitrogens with one attached hydrogen (secondary N) is 1. The van der Waals surface area contributed by atoms with Gasteiger partial charge in [-0.15, -0.1) is 0 Å². The molecule has 2 aromatic carbocycles. The van der Waals surface area contributed by atoms with Crippen LogP contribution in [0.3, 0.4) is 0 Å². The third-order valence-electron chi connectivity index (χ3n) is 7.42. The van der Waals surface area contributed by atoms with Gasteiger partial charge in [0.1, 0.15) is 11.8 Å². The number of aromatic amines is 1. The van der Waals surface area contributed by atoms with Crippen LogP contribution in [-0.4, -0.2) is 58.1 Å². The van der Waals surface area contributed by atoms with E-state index >= 15 is 0 Å². The summed E-state index contributed by atoms with van der Waals surface area (Å²) in [7, 11) is 0. The summed E-state index contributed by atoms with van der Waals surface area (Å²) in [5.41, 5.74) is 4.41. The van der Waals surface area contributed by atoms with Crippen molar-refractivity contribution in [2.75, 3.05) is 19.8 Å². The Morgan fingerprint density at radius 3 is 2.22 bits per heavy atom. The van der Waals surface area contributed by atoms with Gasteiger partial charge in [-0.1, -0.05) is 48.5 Å². The van der Waals surface area contributed by atoms with E-state index in [2.05, 4.69) is 9.97 Å². The fourth-order valence-corrected chi connectivity index (χ4v) is 4.87. The van der Waals surface area contributed by atoms with Crippen molar-refractivity contribution < 1.29 is 32.9 Å². The second-order valence-corrected chi connectivity index (χ2v) is 9.76. The van der Waals surface area contributed by atoms with Gasteiger partial charge in [0.25, 0.3) is 0 Å². The molecule has 3 heterocycles. The molecule has 1 aliphatic heterocycles. The number of rotatable bonds is 7. The van der Waals surface area contributed by atoms with Gasteiger partial charge < -0.3 is 24.7 Å². The van der Waals surface area contributed by atoms with Crippen molar-refractivity contribution in [2.24, 2.45) is 0 Å². The highest BCUT2D eigenvalue weighted by Gasteiger charge is 2.55. The van der Waals surface area contributed by atoms with Crippen LogP contribution in [0.2, 0.25) is 0 Å². The Balaban J connectivity index is 1.22. The fourth-order valence-electron chi connectivity index (χ4n) is 4.87. The number of hydrogen-bond donors (Lipinski definition) is 3. The molecule has 2 fully saturated rings. The summed E-state index contributed by atoms with van der Waals surface area (Å²) < 4.78 is 53.8. The van der Waals surface area contributed by atoms with E-state index in [-0.39, 0.29) is 30.2 Å². The molecule has 2 aromatic heterocycles. The van der Waals surface area contributed by atoms with Crippen LogP contribution >= 0.6 is 0 Å². The number of alkyl halides is 2. The first-order valence-corrected chi connectivity index (χ1v) is 12.1. The number of hydrogen-bond acceptors (Lipinski definition) is 5. The molecule has 0 amide bonds. The van der Waals surface area contributed by atoms with Crippen LogP contribution in [0.15, 0.2) is 60.7 Å². The zero-order valence-electron chi connectivity index (χ0n) is 19.8. The molecule has 192 valence electrons. The predicted octanol–water partition coefficient (Wildman–Crippen LogP) is 4.83. The van der Waals surface area contributed by atoms with Gasteiger partial charge in [0, 0.05) is 23.1 Å². The summed E-state index contributed by atoms with van der Waals surface area (Å²) in [4.78, 5) is 7.17. The van der Waals surface area contributed by atoms with Gasteiger partial charge in [-0.3, -0.25) is 0 Å². The summed E-state index contributed by atoms with van der Waals surface area (Å²) in [6, 6.07) is 18.2. The van der Waals surface area contributed by atoms with E-state index in [1.165, 1.54) is 12.1 Å². The largest absolute Gasteiger partial charge is 0.467 e. The van der Waals surface area contributed by atoms with Crippen molar-refractivity contribution in [3.05, 3.63) is 72.0 Å². The van der Waals surface area contributed by atoms with Crippen molar-refractivity contribution in [2.45, 2.75) is 36.4 Å². The van der Waals surface area contributed by atoms with Crippen LogP contribution in [0, 0.1) is 5.82 Å². The smallest absolute Gasteiger partial charge is 0.314 e. The number of aromatic nitrogens is 2. The molecule has 6 rings (SSSR count). The Morgan fingerprint density at radius 2 is 1.62 bits per heavy atom. The molecular weight excluding hydrogens is 485 g/mol. The second kappa shape index (κ2) is 8.86. The average molecular weight is 511 g/mol. The standard InChI is InChI=1S/C28H25F3N2O4/c29-20-11-21-22(12-25(32-21)37-24-14-36-23(13-34)28(24,30)31)33-26(20)18-3-1-16(2-4-18)17-5-7-19(8-6-17)27(15-35)9-10-27/h1-8,11-12,23-24,32,34-35H,9-10,13-15H2/t23-,24-/m1/s1. The van der Waals surface area contributed by atoms with Gasteiger partial charge >= 0.3 is 5.92 Å². The van der Waals surface area contributed by atoms with Gasteiger partial charge in [-0.05, 0) is 29.5 Å². The molecule has 9 heteroatoms. The third kappa shape index (κ3) is 4.17. The lowest BCUT2D eigenvalue weighted by Gasteiger charge is -2.21. The lowest BCUT2D eigenvalue weighted by molar-refractivity contribution is -0.118. The van der Waals surface area contributed by atoms with Crippen LogP contribution in [0.5, 0.6) is 5.88 Å². The zero-order chi connectivity index (χ0) is 25.8. The molecular formula is C28H25F3N2O4. The Hall–Kier alpha value is -3.40. The third-order valence-corrected chi connectivity index (χ3v) is 7.42. The first-order chi connectivity index (χ1) is 17.8. The van der Waals surface area contributed by atoms with Gasteiger partial charge in [0.05, 0.1) is 30.9 Å². The number of aliphatic hydroxyl groups excluding tert-OH is 2. The van der Waals surface area contributed by atoms with Gasteiger partial charge in [0.2, 0.25) is 0 Å². The minimum absolute atomic E-state index is 0.0129.